The van der Waals surface area contributed by atoms with E-state index in [4.69, 9.17) is 17.3 Å². The molecule has 0 aliphatic heterocycles. The number of anilines is 1. The highest BCUT2D eigenvalue weighted by Crippen LogP contribution is 2.18. The molecule has 0 saturated heterocycles. The number of benzene rings is 1. The summed E-state index contributed by atoms with van der Waals surface area (Å²) in [5.41, 5.74) is 6.16. The molecule has 1 aromatic carbocycles. The van der Waals surface area contributed by atoms with Gasteiger partial charge in [-0.2, -0.15) is 0 Å². The lowest BCUT2D eigenvalue weighted by Crippen LogP contribution is -2.26. The zero-order valence-electron chi connectivity index (χ0n) is 13.7. The van der Waals surface area contributed by atoms with E-state index in [9.17, 15) is 4.79 Å². The summed E-state index contributed by atoms with van der Waals surface area (Å²) in [5.74, 6) is 0.626. The van der Waals surface area contributed by atoms with Gasteiger partial charge in [0.05, 0.1) is 17.4 Å². The van der Waals surface area contributed by atoms with E-state index in [1.54, 1.807) is 24.4 Å². The molecule has 0 saturated carbocycles. The summed E-state index contributed by atoms with van der Waals surface area (Å²) in [7, 11) is 0. The number of aromatic nitrogens is 3. The minimum Gasteiger partial charge on any atom is -0.375 e. The molecule has 0 amide bonds. The highest BCUT2D eigenvalue weighted by atomic mass is 35.5. The smallest absolute Gasteiger partial charge is 0.258 e. The lowest BCUT2D eigenvalue weighted by Gasteiger charge is -2.20. The summed E-state index contributed by atoms with van der Waals surface area (Å²) in [5, 5.41) is 1.67. The van der Waals surface area contributed by atoms with Gasteiger partial charge in [0.25, 0.3) is 5.56 Å². The Kier molecular flexibility index (Phi) is 6.78. The zero-order chi connectivity index (χ0) is 17.1. The van der Waals surface area contributed by atoms with E-state index < -0.39 is 0 Å². The quantitative estimate of drug-likeness (QED) is 0.662. The van der Waals surface area contributed by atoms with Crippen molar-refractivity contribution in [2.75, 3.05) is 12.3 Å². The maximum atomic E-state index is 12.2. The second kappa shape index (κ2) is 8.62. The van der Waals surface area contributed by atoms with Crippen LogP contribution >= 0.6 is 35.3 Å². The van der Waals surface area contributed by atoms with Crippen molar-refractivity contribution >= 4 is 51.4 Å². The van der Waals surface area contributed by atoms with Gasteiger partial charge in [-0.3, -0.25) is 9.69 Å². The van der Waals surface area contributed by atoms with E-state index in [1.165, 1.54) is 11.3 Å². The van der Waals surface area contributed by atoms with E-state index >= 15 is 0 Å². The molecule has 0 unspecified atom stereocenters. The molecule has 3 N–H and O–H groups in total. The molecule has 2 aromatic heterocycles. The van der Waals surface area contributed by atoms with Crippen molar-refractivity contribution < 1.29 is 0 Å². The number of rotatable bonds is 6. The van der Waals surface area contributed by atoms with E-state index in [0.717, 1.165) is 24.4 Å². The molecule has 9 heteroatoms. The van der Waals surface area contributed by atoms with Crippen LogP contribution in [0.1, 0.15) is 24.0 Å². The lowest BCUT2D eigenvalue weighted by molar-refractivity contribution is 0.253. The van der Waals surface area contributed by atoms with Crippen LogP contribution < -0.4 is 11.3 Å². The number of aromatic amines is 1. The molecular formula is C16H19Cl2N5OS. The summed E-state index contributed by atoms with van der Waals surface area (Å²) in [4.78, 5) is 27.0. The Bertz CT molecular complexity index is 911. The summed E-state index contributed by atoms with van der Waals surface area (Å²) in [6.45, 7) is 4.27. The normalized spacial score (nSPS) is 11.0. The number of nitrogens with zero attached hydrogens (tertiary/aromatic N) is 3. The highest BCUT2D eigenvalue weighted by molar-refractivity contribution is 7.15. The Balaban J connectivity index is 0.00000225. The monoisotopic (exact) mass is 399 g/mol. The summed E-state index contributed by atoms with van der Waals surface area (Å²) in [6, 6.07) is 5.10. The standard InChI is InChI=1S/C16H18ClN5OS.ClH/c1-2-5-22(8-11-7-19-16(18)24-11)9-14-20-13-6-10(17)3-4-12(13)15(23)21-14;/h3-4,6-7H,2,5,8-9H2,1H3,(H2,18,19)(H,20,21,23);1H. The molecule has 25 heavy (non-hydrogen) atoms. The van der Waals surface area contributed by atoms with Gasteiger partial charge in [-0.05, 0) is 31.2 Å². The van der Waals surface area contributed by atoms with Crippen LogP contribution in [0.2, 0.25) is 5.02 Å². The van der Waals surface area contributed by atoms with Crippen molar-refractivity contribution in [3.05, 3.63) is 50.5 Å². The van der Waals surface area contributed by atoms with Crippen molar-refractivity contribution in [1.29, 1.82) is 0 Å². The molecule has 0 atom stereocenters. The van der Waals surface area contributed by atoms with Crippen LogP contribution in [0, 0.1) is 0 Å². The third-order valence-corrected chi connectivity index (χ3v) is 4.63. The maximum Gasteiger partial charge on any atom is 0.258 e. The molecule has 0 radical (unpaired) electrons. The lowest BCUT2D eigenvalue weighted by atomic mass is 10.2. The number of thiazole rings is 1. The first-order valence-corrected chi connectivity index (χ1v) is 8.85. The predicted octanol–water partition coefficient (Wildman–Crippen LogP) is 3.45. The molecule has 6 nitrogen and oxygen atoms in total. The molecule has 0 bridgehead atoms. The summed E-state index contributed by atoms with van der Waals surface area (Å²) < 4.78 is 0. The van der Waals surface area contributed by atoms with Gasteiger partial charge in [-0.25, -0.2) is 9.97 Å². The number of fused-ring (bicyclic) bond motifs is 1. The van der Waals surface area contributed by atoms with E-state index in [2.05, 4.69) is 26.8 Å². The Labute approximate surface area is 160 Å². The molecule has 2 heterocycles. The number of nitrogens with two attached hydrogens (primary N) is 1. The van der Waals surface area contributed by atoms with Gasteiger partial charge in [-0.1, -0.05) is 18.5 Å². The van der Waals surface area contributed by atoms with Crippen LogP contribution in [0.25, 0.3) is 10.9 Å². The Hall–Kier alpha value is -1.67. The van der Waals surface area contributed by atoms with Crippen LogP contribution in [-0.2, 0) is 13.1 Å². The first-order valence-electron chi connectivity index (χ1n) is 7.66. The fourth-order valence-electron chi connectivity index (χ4n) is 2.59. The molecule has 0 fully saturated rings. The van der Waals surface area contributed by atoms with Crippen molar-refractivity contribution in [2.45, 2.75) is 26.4 Å². The van der Waals surface area contributed by atoms with Gasteiger partial charge in [0.1, 0.15) is 5.82 Å². The first-order chi connectivity index (χ1) is 11.5. The summed E-state index contributed by atoms with van der Waals surface area (Å²) in [6.07, 6.45) is 2.79. The van der Waals surface area contributed by atoms with Gasteiger partial charge in [0, 0.05) is 22.6 Å². The van der Waals surface area contributed by atoms with Crippen LogP contribution in [0.15, 0.2) is 29.2 Å². The van der Waals surface area contributed by atoms with Gasteiger partial charge in [0.2, 0.25) is 0 Å². The van der Waals surface area contributed by atoms with E-state index in [1.807, 2.05) is 0 Å². The average Bonchev–Trinajstić information content (AvgIpc) is 2.92. The van der Waals surface area contributed by atoms with Crippen molar-refractivity contribution in [2.24, 2.45) is 0 Å². The van der Waals surface area contributed by atoms with Gasteiger partial charge < -0.3 is 10.7 Å². The topological polar surface area (TPSA) is 87.9 Å². The second-order valence-corrected chi connectivity index (χ2v) is 7.13. The largest absolute Gasteiger partial charge is 0.375 e. The molecule has 0 aliphatic rings. The SMILES string of the molecule is CCCN(Cc1nc2cc(Cl)ccc2c(=O)[nH]1)Cc1cnc(N)s1.Cl. The van der Waals surface area contributed by atoms with Crippen LogP contribution in [0.4, 0.5) is 5.13 Å². The van der Waals surface area contributed by atoms with Crippen LogP contribution in [-0.4, -0.2) is 26.4 Å². The predicted molar refractivity (Wildman–Crippen MR) is 106 cm³/mol. The van der Waals surface area contributed by atoms with Gasteiger partial charge in [0.15, 0.2) is 5.13 Å². The third-order valence-electron chi connectivity index (χ3n) is 3.58. The van der Waals surface area contributed by atoms with E-state index in [-0.39, 0.29) is 18.0 Å². The van der Waals surface area contributed by atoms with Crippen molar-refractivity contribution in [3.8, 4) is 0 Å². The van der Waals surface area contributed by atoms with Crippen molar-refractivity contribution in [1.82, 2.24) is 19.9 Å². The van der Waals surface area contributed by atoms with Crippen LogP contribution in [0.5, 0.6) is 0 Å². The Morgan fingerprint density at radius 3 is 2.84 bits per heavy atom. The molecule has 0 aliphatic carbocycles. The fraction of sp³-hybridized carbons (Fsp3) is 0.312. The minimum atomic E-state index is -0.148. The molecule has 0 spiro atoms. The first kappa shape index (κ1) is 19.7. The zero-order valence-corrected chi connectivity index (χ0v) is 16.0. The Morgan fingerprint density at radius 1 is 1.36 bits per heavy atom. The Morgan fingerprint density at radius 2 is 2.16 bits per heavy atom. The van der Waals surface area contributed by atoms with E-state index in [0.29, 0.717) is 33.4 Å². The number of nitrogens with one attached hydrogen (secondary N) is 1. The summed E-state index contributed by atoms with van der Waals surface area (Å²) >= 11 is 7.48. The van der Waals surface area contributed by atoms with Crippen molar-refractivity contribution in [3.63, 3.8) is 0 Å². The average molecular weight is 400 g/mol. The molecular weight excluding hydrogens is 381 g/mol. The maximum absolute atomic E-state index is 12.2. The van der Waals surface area contributed by atoms with Gasteiger partial charge in [-0.15, -0.1) is 23.7 Å². The number of nitrogen functional groups attached to an aromatic ring is 1. The minimum absolute atomic E-state index is 0. The number of hydrogen-bond acceptors (Lipinski definition) is 6. The van der Waals surface area contributed by atoms with Gasteiger partial charge >= 0.3 is 0 Å². The number of H-pyrrole nitrogens is 1. The van der Waals surface area contributed by atoms with Crippen LogP contribution in [0.3, 0.4) is 0 Å². The third kappa shape index (κ3) is 4.92. The molecule has 3 rings (SSSR count). The molecule has 134 valence electrons. The second-order valence-electron chi connectivity index (χ2n) is 5.55. The number of hydrogen-bond donors (Lipinski definition) is 2. The highest BCUT2D eigenvalue weighted by Gasteiger charge is 2.11. The number of halogens is 2. The fourth-order valence-corrected chi connectivity index (χ4v) is 3.49. The molecule has 3 aromatic rings.